The van der Waals surface area contributed by atoms with Crippen LogP contribution in [0.15, 0.2) is 42.6 Å². The van der Waals surface area contributed by atoms with E-state index in [1.807, 2.05) is 30.3 Å². The Morgan fingerprint density at radius 1 is 1.35 bits per heavy atom. The molecule has 5 heteroatoms. The smallest absolute Gasteiger partial charge is 0.140 e. The Bertz CT molecular complexity index is 573. The van der Waals surface area contributed by atoms with Crippen LogP contribution in [-0.2, 0) is 6.54 Å². The van der Waals surface area contributed by atoms with Crippen molar-refractivity contribution < 1.29 is 0 Å². The van der Waals surface area contributed by atoms with Crippen molar-refractivity contribution in [2.75, 3.05) is 12.5 Å². The average Bonchev–Trinajstić information content (AvgIpc) is 2.46. The molecule has 0 saturated heterocycles. The number of hydrazine groups is 1. The number of nitrogens with two attached hydrogens (primary N) is 1. The Hall–Kier alpha value is -1.62. The van der Waals surface area contributed by atoms with Gasteiger partial charge in [-0.2, -0.15) is 0 Å². The molecule has 0 aliphatic rings. The summed E-state index contributed by atoms with van der Waals surface area (Å²) in [6.07, 6.45) is 1.75. The lowest BCUT2D eigenvalue weighted by molar-refractivity contribution is 0.253. The Labute approximate surface area is 124 Å². The second-order valence-corrected chi connectivity index (χ2v) is 5.28. The molecule has 0 bridgehead atoms. The van der Waals surface area contributed by atoms with Gasteiger partial charge in [-0.25, -0.2) is 10.8 Å². The van der Waals surface area contributed by atoms with Crippen molar-refractivity contribution in [3.8, 4) is 0 Å². The maximum Gasteiger partial charge on any atom is 0.140 e. The van der Waals surface area contributed by atoms with E-state index in [9.17, 15) is 0 Å². The van der Waals surface area contributed by atoms with Crippen LogP contribution < -0.4 is 11.3 Å². The largest absolute Gasteiger partial charge is 0.308 e. The molecular weight excluding hydrogens is 272 g/mol. The van der Waals surface area contributed by atoms with Crippen molar-refractivity contribution in [1.82, 2.24) is 9.88 Å². The standard InChI is InChI=1S/C15H19ClN4/c1-11(13-4-3-5-14(16)9-13)20(2)10-12-6-7-18-15(8-12)19-17/h3-9,11H,10,17H2,1-2H3,(H,18,19). The van der Waals surface area contributed by atoms with E-state index in [-0.39, 0.29) is 6.04 Å². The summed E-state index contributed by atoms with van der Waals surface area (Å²) in [4.78, 5) is 6.36. The molecule has 20 heavy (non-hydrogen) atoms. The van der Waals surface area contributed by atoms with Gasteiger partial charge >= 0.3 is 0 Å². The molecule has 1 unspecified atom stereocenters. The number of rotatable bonds is 5. The Kier molecular flexibility index (Phi) is 4.95. The first kappa shape index (κ1) is 14.8. The quantitative estimate of drug-likeness (QED) is 0.656. The number of benzene rings is 1. The Morgan fingerprint density at radius 3 is 2.85 bits per heavy atom. The van der Waals surface area contributed by atoms with Crippen molar-refractivity contribution in [1.29, 1.82) is 0 Å². The summed E-state index contributed by atoms with van der Waals surface area (Å²) in [5.41, 5.74) is 4.92. The number of nitrogens with zero attached hydrogens (tertiary/aromatic N) is 2. The fourth-order valence-corrected chi connectivity index (χ4v) is 2.30. The topological polar surface area (TPSA) is 54.2 Å². The summed E-state index contributed by atoms with van der Waals surface area (Å²) in [6.45, 7) is 2.97. The molecule has 1 atom stereocenters. The van der Waals surface area contributed by atoms with Crippen LogP contribution in [0.25, 0.3) is 0 Å². The van der Waals surface area contributed by atoms with Gasteiger partial charge in [-0.15, -0.1) is 0 Å². The monoisotopic (exact) mass is 290 g/mol. The Morgan fingerprint density at radius 2 is 2.15 bits per heavy atom. The van der Waals surface area contributed by atoms with Gasteiger partial charge < -0.3 is 5.43 Å². The van der Waals surface area contributed by atoms with Crippen molar-refractivity contribution >= 4 is 17.4 Å². The van der Waals surface area contributed by atoms with Gasteiger partial charge in [-0.3, -0.25) is 4.90 Å². The van der Waals surface area contributed by atoms with Crippen LogP contribution in [0.1, 0.15) is 24.1 Å². The third-order valence-corrected chi connectivity index (χ3v) is 3.63. The number of pyridine rings is 1. The second kappa shape index (κ2) is 6.70. The molecule has 1 aromatic heterocycles. The van der Waals surface area contributed by atoms with Crippen molar-refractivity contribution in [3.63, 3.8) is 0 Å². The number of hydrogen-bond donors (Lipinski definition) is 2. The van der Waals surface area contributed by atoms with E-state index in [1.54, 1.807) is 6.20 Å². The number of aromatic nitrogens is 1. The molecule has 0 radical (unpaired) electrons. The molecule has 2 rings (SSSR count). The number of nitrogens with one attached hydrogen (secondary N) is 1. The molecule has 1 heterocycles. The minimum atomic E-state index is 0.274. The molecule has 0 spiro atoms. The average molecular weight is 291 g/mol. The maximum absolute atomic E-state index is 6.04. The highest BCUT2D eigenvalue weighted by Crippen LogP contribution is 2.23. The van der Waals surface area contributed by atoms with Crippen LogP contribution in [0.2, 0.25) is 5.02 Å². The molecule has 0 aliphatic heterocycles. The highest BCUT2D eigenvalue weighted by Gasteiger charge is 2.12. The molecule has 0 fully saturated rings. The minimum Gasteiger partial charge on any atom is -0.308 e. The van der Waals surface area contributed by atoms with E-state index in [0.29, 0.717) is 5.82 Å². The number of hydrogen-bond acceptors (Lipinski definition) is 4. The summed E-state index contributed by atoms with van der Waals surface area (Å²) in [5.74, 6) is 6.05. The van der Waals surface area contributed by atoms with Crippen LogP contribution in [0.4, 0.5) is 5.82 Å². The fourth-order valence-electron chi connectivity index (χ4n) is 2.10. The van der Waals surface area contributed by atoms with Gasteiger partial charge in [0.2, 0.25) is 0 Å². The molecule has 1 aromatic carbocycles. The lowest BCUT2D eigenvalue weighted by atomic mass is 10.1. The lowest BCUT2D eigenvalue weighted by Crippen LogP contribution is -2.22. The van der Waals surface area contributed by atoms with Gasteiger partial charge in [-0.1, -0.05) is 23.7 Å². The molecule has 3 N–H and O–H groups in total. The summed E-state index contributed by atoms with van der Waals surface area (Å²) in [6, 6.07) is 12.2. The fraction of sp³-hybridized carbons (Fsp3) is 0.267. The van der Waals surface area contributed by atoms with Gasteiger partial charge in [0.15, 0.2) is 0 Å². The first-order chi connectivity index (χ1) is 9.60. The van der Waals surface area contributed by atoms with Gasteiger partial charge in [-0.05, 0) is 49.4 Å². The Balaban J connectivity index is 2.09. The summed E-state index contributed by atoms with van der Waals surface area (Å²) >= 11 is 6.04. The highest BCUT2D eigenvalue weighted by molar-refractivity contribution is 6.30. The SMILES string of the molecule is CC(c1cccc(Cl)c1)N(C)Cc1ccnc(NN)c1. The normalized spacial score (nSPS) is 12.4. The molecule has 0 saturated carbocycles. The molecular formula is C15H19ClN4. The predicted octanol–water partition coefficient (Wildman–Crippen LogP) is 3.21. The van der Waals surface area contributed by atoms with E-state index in [4.69, 9.17) is 17.4 Å². The van der Waals surface area contributed by atoms with Gasteiger partial charge in [0, 0.05) is 23.8 Å². The molecule has 4 nitrogen and oxygen atoms in total. The van der Waals surface area contributed by atoms with Crippen LogP contribution >= 0.6 is 11.6 Å². The van der Waals surface area contributed by atoms with Crippen molar-refractivity contribution in [2.45, 2.75) is 19.5 Å². The number of halogens is 1. The lowest BCUT2D eigenvalue weighted by Gasteiger charge is -2.25. The summed E-state index contributed by atoms with van der Waals surface area (Å²) in [7, 11) is 2.08. The zero-order chi connectivity index (χ0) is 14.5. The molecule has 2 aromatic rings. The molecule has 106 valence electrons. The predicted molar refractivity (Wildman–Crippen MR) is 83.4 cm³/mol. The van der Waals surface area contributed by atoms with Crippen molar-refractivity contribution in [2.24, 2.45) is 5.84 Å². The van der Waals surface area contributed by atoms with Crippen LogP contribution in [0, 0.1) is 0 Å². The van der Waals surface area contributed by atoms with E-state index in [1.165, 1.54) is 5.56 Å². The number of nitrogen functional groups attached to an aromatic ring is 1. The van der Waals surface area contributed by atoms with Gasteiger partial charge in [0.25, 0.3) is 0 Å². The van der Waals surface area contributed by atoms with Crippen molar-refractivity contribution in [3.05, 3.63) is 58.7 Å². The summed E-state index contributed by atoms with van der Waals surface area (Å²) in [5, 5.41) is 0.765. The second-order valence-electron chi connectivity index (χ2n) is 4.84. The molecule has 0 amide bonds. The van der Waals surface area contributed by atoms with E-state index >= 15 is 0 Å². The van der Waals surface area contributed by atoms with Crippen LogP contribution in [0.5, 0.6) is 0 Å². The zero-order valence-corrected chi connectivity index (χ0v) is 12.4. The first-order valence-electron chi connectivity index (χ1n) is 6.47. The minimum absolute atomic E-state index is 0.274. The maximum atomic E-state index is 6.04. The van der Waals surface area contributed by atoms with Gasteiger partial charge in [0.05, 0.1) is 0 Å². The van der Waals surface area contributed by atoms with E-state index in [2.05, 4.69) is 35.3 Å². The van der Waals surface area contributed by atoms with Gasteiger partial charge in [0.1, 0.15) is 5.82 Å². The van der Waals surface area contributed by atoms with E-state index < -0.39 is 0 Å². The third-order valence-electron chi connectivity index (χ3n) is 3.40. The highest BCUT2D eigenvalue weighted by atomic mass is 35.5. The third kappa shape index (κ3) is 3.70. The zero-order valence-electron chi connectivity index (χ0n) is 11.7. The summed E-state index contributed by atoms with van der Waals surface area (Å²) < 4.78 is 0. The molecule has 0 aliphatic carbocycles. The van der Waals surface area contributed by atoms with E-state index in [0.717, 1.165) is 17.1 Å². The first-order valence-corrected chi connectivity index (χ1v) is 6.85. The van der Waals surface area contributed by atoms with Crippen LogP contribution in [0.3, 0.4) is 0 Å². The van der Waals surface area contributed by atoms with Crippen LogP contribution in [-0.4, -0.2) is 16.9 Å². The number of anilines is 1.